The summed E-state index contributed by atoms with van der Waals surface area (Å²) in [7, 11) is 0. The van der Waals surface area contributed by atoms with Crippen molar-refractivity contribution in [2.75, 3.05) is 0 Å². The minimum atomic E-state index is 0.600. The smallest absolute Gasteiger partial charge is 0.164 e. The fraction of sp³-hybridized carbons (Fsp3) is 0. The monoisotopic (exact) mass is 792 g/mol. The maximum atomic E-state index is 5.41. The molecule has 0 N–H and O–H groups in total. The first-order valence-electron chi connectivity index (χ1n) is 20.8. The normalized spacial score (nSPS) is 11.5. The number of aromatic nitrogens is 6. The molecule has 9 aromatic carbocycles. The van der Waals surface area contributed by atoms with Gasteiger partial charge in [-0.1, -0.05) is 164 Å². The number of rotatable bonds is 7. The zero-order chi connectivity index (χ0) is 41.0. The quantitative estimate of drug-likeness (QED) is 0.161. The summed E-state index contributed by atoms with van der Waals surface area (Å²) >= 11 is 0. The molecule has 0 saturated carbocycles. The molecule has 6 nitrogen and oxygen atoms in total. The molecule has 6 heteroatoms. The lowest BCUT2D eigenvalue weighted by Crippen LogP contribution is -2.00. The molecular weight excluding hydrogens is 757 g/mol. The van der Waals surface area contributed by atoms with Crippen LogP contribution >= 0.6 is 0 Å². The molecule has 0 aliphatic carbocycles. The average Bonchev–Trinajstić information content (AvgIpc) is 3.92. The Balaban J connectivity index is 0.988. The molecule has 12 aromatic rings. The Hall–Kier alpha value is -8.48. The highest BCUT2D eigenvalue weighted by Crippen LogP contribution is 2.42. The number of nitrogens with zero attached hydrogens (tertiary/aromatic N) is 6. The van der Waals surface area contributed by atoms with E-state index in [1.54, 1.807) is 0 Å². The molecule has 0 aliphatic rings. The van der Waals surface area contributed by atoms with E-state index >= 15 is 0 Å². The number of benzene rings is 9. The van der Waals surface area contributed by atoms with Gasteiger partial charge in [0.1, 0.15) is 5.69 Å². The topological polar surface area (TPSA) is 61.4 Å². The molecule has 12 rings (SSSR count). The predicted molar refractivity (Wildman–Crippen MR) is 253 cm³/mol. The van der Waals surface area contributed by atoms with E-state index in [1.807, 2.05) is 36.4 Å². The predicted octanol–water partition coefficient (Wildman–Crippen LogP) is 13.8. The van der Waals surface area contributed by atoms with Gasteiger partial charge in [0.15, 0.2) is 17.5 Å². The third-order valence-electron chi connectivity index (χ3n) is 11.8. The van der Waals surface area contributed by atoms with E-state index in [1.165, 1.54) is 27.2 Å². The van der Waals surface area contributed by atoms with Crippen molar-refractivity contribution >= 4 is 43.5 Å². The Morgan fingerprint density at radius 1 is 0.339 bits per heavy atom. The standard InChI is InChI=1S/C56H36N6/c1-4-16-37(17-5-1)48-36-42-20-10-11-23-45(42)53-51(48)52(60-62(53)44-21-8-3-9-22-44)38-28-30-40(31-29-38)55-57-54(39-18-6-2-7-19-39)58-56(59-55)41-32-34-43(35-33-41)61-49-26-14-12-24-46(49)47-25-13-15-27-50(47)61/h1-36H. The van der Waals surface area contributed by atoms with Crippen molar-refractivity contribution < 1.29 is 0 Å². The fourth-order valence-electron chi connectivity index (χ4n) is 8.88. The summed E-state index contributed by atoms with van der Waals surface area (Å²) in [6.07, 6.45) is 0. The third-order valence-corrected chi connectivity index (χ3v) is 11.8. The van der Waals surface area contributed by atoms with E-state index in [0.29, 0.717) is 17.5 Å². The van der Waals surface area contributed by atoms with Gasteiger partial charge in [-0.3, -0.25) is 0 Å². The lowest BCUT2D eigenvalue weighted by molar-refractivity contribution is 0.918. The molecule has 3 aromatic heterocycles. The van der Waals surface area contributed by atoms with Gasteiger partial charge >= 0.3 is 0 Å². The first-order chi connectivity index (χ1) is 30.7. The van der Waals surface area contributed by atoms with Crippen LogP contribution in [0.5, 0.6) is 0 Å². The van der Waals surface area contributed by atoms with Crippen molar-refractivity contribution in [3.63, 3.8) is 0 Å². The van der Waals surface area contributed by atoms with Crippen LogP contribution in [-0.2, 0) is 0 Å². The van der Waals surface area contributed by atoms with Gasteiger partial charge in [-0.2, -0.15) is 5.10 Å². The van der Waals surface area contributed by atoms with E-state index in [0.717, 1.165) is 66.7 Å². The van der Waals surface area contributed by atoms with Crippen molar-refractivity contribution in [2.45, 2.75) is 0 Å². The molecule has 3 heterocycles. The summed E-state index contributed by atoms with van der Waals surface area (Å²) in [6, 6.07) is 76.2. The van der Waals surface area contributed by atoms with Crippen LogP contribution in [0.4, 0.5) is 0 Å². The van der Waals surface area contributed by atoms with Crippen LogP contribution in [0.3, 0.4) is 0 Å². The second-order valence-electron chi connectivity index (χ2n) is 15.5. The Labute approximate surface area is 357 Å². The number of fused-ring (bicyclic) bond motifs is 6. The van der Waals surface area contributed by atoms with Crippen LogP contribution in [0.1, 0.15) is 0 Å². The van der Waals surface area contributed by atoms with Crippen LogP contribution in [0.2, 0.25) is 0 Å². The Kier molecular flexibility index (Phi) is 8.38. The van der Waals surface area contributed by atoms with Gasteiger partial charge in [-0.15, -0.1) is 0 Å². The second kappa shape index (κ2) is 14.7. The van der Waals surface area contributed by atoms with Gasteiger partial charge in [-0.05, 0) is 71.1 Å². The summed E-state index contributed by atoms with van der Waals surface area (Å²) in [5.74, 6) is 1.83. The lowest BCUT2D eigenvalue weighted by atomic mass is 9.93. The molecule has 0 unspecified atom stereocenters. The summed E-state index contributed by atoms with van der Waals surface area (Å²) in [4.78, 5) is 15.2. The van der Waals surface area contributed by atoms with E-state index in [4.69, 9.17) is 20.1 Å². The van der Waals surface area contributed by atoms with Gasteiger partial charge < -0.3 is 4.57 Å². The van der Waals surface area contributed by atoms with Crippen LogP contribution < -0.4 is 0 Å². The Morgan fingerprint density at radius 2 is 0.790 bits per heavy atom. The van der Waals surface area contributed by atoms with Crippen LogP contribution in [-0.4, -0.2) is 29.3 Å². The van der Waals surface area contributed by atoms with E-state index in [2.05, 4.69) is 191 Å². The van der Waals surface area contributed by atoms with E-state index in [9.17, 15) is 0 Å². The second-order valence-corrected chi connectivity index (χ2v) is 15.5. The summed E-state index contributed by atoms with van der Waals surface area (Å²) in [5.41, 5.74) is 12.4. The van der Waals surface area contributed by atoms with Gasteiger partial charge in [0.2, 0.25) is 0 Å². The summed E-state index contributed by atoms with van der Waals surface area (Å²) in [5, 5.41) is 11.3. The molecule has 290 valence electrons. The van der Waals surface area contributed by atoms with Crippen LogP contribution in [0, 0.1) is 0 Å². The summed E-state index contributed by atoms with van der Waals surface area (Å²) < 4.78 is 4.42. The molecule has 0 radical (unpaired) electrons. The molecule has 0 bridgehead atoms. The van der Waals surface area contributed by atoms with Gasteiger partial charge in [0.05, 0.1) is 22.2 Å². The molecule has 0 atom stereocenters. The number of hydrogen-bond acceptors (Lipinski definition) is 4. The van der Waals surface area contributed by atoms with Crippen molar-refractivity contribution in [3.05, 3.63) is 218 Å². The number of para-hydroxylation sites is 3. The maximum absolute atomic E-state index is 5.41. The first kappa shape index (κ1) is 35.5. The zero-order valence-electron chi connectivity index (χ0n) is 33.5. The number of hydrogen-bond donors (Lipinski definition) is 0. The highest BCUT2D eigenvalue weighted by atomic mass is 15.3. The largest absolute Gasteiger partial charge is 0.309 e. The SMILES string of the molecule is c1ccc(-c2nc(-c3ccc(-c4nn(-c5ccccc5)c5c4c(-c4ccccc4)cc4ccccc45)cc3)nc(-c3ccc(-n4c5ccccc5c5ccccc54)cc3)n2)cc1. The first-order valence-corrected chi connectivity index (χ1v) is 20.8. The molecule has 0 aliphatic heterocycles. The van der Waals surface area contributed by atoms with Gasteiger partial charge in [0, 0.05) is 49.5 Å². The van der Waals surface area contributed by atoms with E-state index in [-0.39, 0.29) is 0 Å². The minimum Gasteiger partial charge on any atom is -0.309 e. The molecule has 0 fully saturated rings. The maximum Gasteiger partial charge on any atom is 0.164 e. The molecule has 0 saturated heterocycles. The van der Waals surface area contributed by atoms with Crippen LogP contribution in [0.15, 0.2) is 218 Å². The minimum absolute atomic E-state index is 0.600. The van der Waals surface area contributed by atoms with Crippen molar-refractivity contribution in [1.82, 2.24) is 29.3 Å². The molecule has 62 heavy (non-hydrogen) atoms. The molecule has 0 spiro atoms. The third kappa shape index (κ3) is 5.96. The van der Waals surface area contributed by atoms with Crippen LogP contribution in [0.25, 0.3) is 111 Å². The zero-order valence-corrected chi connectivity index (χ0v) is 33.5. The highest BCUT2D eigenvalue weighted by Gasteiger charge is 2.22. The fourth-order valence-corrected chi connectivity index (χ4v) is 8.88. The summed E-state index contributed by atoms with van der Waals surface area (Å²) in [6.45, 7) is 0. The Morgan fingerprint density at radius 3 is 1.39 bits per heavy atom. The van der Waals surface area contributed by atoms with Crippen molar-refractivity contribution in [2.24, 2.45) is 0 Å². The Bertz CT molecular complexity index is 3540. The van der Waals surface area contributed by atoms with Crippen molar-refractivity contribution in [1.29, 1.82) is 0 Å². The average molecular weight is 793 g/mol. The highest BCUT2D eigenvalue weighted by molar-refractivity contribution is 6.17. The molecule has 0 amide bonds. The van der Waals surface area contributed by atoms with E-state index < -0.39 is 0 Å². The van der Waals surface area contributed by atoms with Crippen molar-refractivity contribution in [3.8, 4) is 67.9 Å². The van der Waals surface area contributed by atoms with Gasteiger partial charge in [0.25, 0.3) is 0 Å². The van der Waals surface area contributed by atoms with Gasteiger partial charge in [-0.25, -0.2) is 19.6 Å². The lowest BCUT2D eigenvalue weighted by Gasteiger charge is -2.11. The molecular formula is C56H36N6.